The van der Waals surface area contributed by atoms with Gasteiger partial charge < -0.3 is 4.90 Å². The minimum absolute atomic E-state index is 0.136. The van der Waals surface area contributed by atoms with Crippen molar-refractivity contribution >= 4 is 17.2 Å². The third-order valence-electron chi connectivity index (χ3n) is 4.29. The molecule has 2 unspecified atom stereocenters. The van der Waals surface area contributed by atoms with Gasteiger partial charge in [0.15, 0.2) is 5.01 Å². The van der Waals surface area contributed by atoms with E-state index in [4.69, 9.17) is 0 Å². The van der Waals surface area contributed by atoms with Gasteiger partial charge >= 0.3 is 0 Å². The van der Waals surface area contributed by atoms with Gasteiger partial charge in [-0.15, -0.1) is 11.3 Å². The van der Waals surface area contributed by atoms with Crippen molar-refractivity contribution < 1.29 is 4.79 Å². The van der Waals surface area contributed by atoms with Crippen LogP contribution in [0.4, 0.5) is 0 Å². The minimum atomic E-state index is 0.136. The van der Waals surface area contributed by atoms with E-state index in [1.165, 1.54) is 17.8 Å². The van der Waals surface area contributed by atoms with Crippen LogP contribution in [-0.2, 0) is 0 Å². The second kappa shape index (κ2) is 3.80. The molecule has 3 rings (SSSR count). The maximum Gasteiger partial charge on any atom is 0.283 e. The molecule has 0 radical (unpaired) electrons. The van der Waals surface area contributed by atoms with E-state index in [1.807, 2.05) is 5.38 Å². The number of fused-ring (bicyclic) bond motifs is 2. The van der Waals surface area contributed by atoms with Crippen molar-refractivity contribution in [1.29, 1.82) is 0 Å². The average Bonchev–Trinajstić information content (AvgIpc) is 2.82. The molecular formula is C14H20N2OS. The Morgan fingerprint density at radius 2 is 2.22 bits per heavy atom. The normalized spacial score (nSPS) is 33.7. The van der Waals surface area contributed by atoms with Gasteiger partial charge in [0.05, 0.1) is 0 Å². The molecular weight excluding hydrogens is 244 g/mol. The zero-order chi connectivity index (χ0) is 13.0. The van der Waals surface area contributed by atoms with Gasteiger partial charge in [-0.1, -0.05) is 20.8 Å². The first-order valence-electron chi connectivity index (χ1n) is 6.59. The number of aromatic nitrogens is 1. The molecule has 1 aliphatic carbocycles. The lowest BCUT2D eigenvalue weighted by molar-refractivity contribution is 0.0708. The summed E-state index contributed by atoms with van der Waals surface area (Å²) in [5.41, 5.74) is 0.662. The van der Waals surface area contributed by atoms with E-state index >= 15 is 0 Å². The van der Waals surface area contributed by atoms with Crippen molar-refractivity contribution in [3.05, 3.63) is 16.6 Å². The van der Waals surface area contributed by atoms with E-state index in [0.717, 1.165) is 19.4 Å². The Balaban J connectivity index is 1.86. The first kappa shape index (κ1) is 12.2. The number of hydrogen-bond acceptors (Lipinski definition) is 3. The molecule has 0 spiro atoms. The molecule has 18 heavy (non-hydrogen) atoms. The molecule has 0 N–H and O–H groups in total. The third-order valence-corrected chi connectivity index (χ3v) is 5.05. The fourth-order valence-electron chi connectivity index (χ4n) is 4.15. The number of hydrogen-bond donors (Lipinski definition) is 0. The van der Waals surface area contributed by atoms with Crippen LogP contribution >= 0.6 is 11.3 Å². The summed E-state index contributed by atoms with van der Waals surface area (Å²) in [5, 5.41) is 2.52. The molecule has 1 amide bonds. The van der Waals surface area contributed by atoms with Crippen molar-refractivity contribution in [3.63, 3.8) is 0 Å². The van der Waals surface area contributed by atoms with Crippen LogP contribution < -0.4 is 0 Å². The summed E-state index contributed by atoms with van der Waals surface area (Å²) in [4.78, 5) is 18.7. The van der Waals surface area contributed by atoms with Crippen LogP contribution in [0.15, 0.2) is 11.6 Å². The molecule has 4 heteroatoms. The number of rotatable bonds is 1. The van der Waals surface area contributed by atoms with Crippen LogP contribution in [0.2, 0.25) is 0 Å². The molecule has 1 saturated heterocycles. The standard InChI is InChI=1S/C14H20N2OS/c1-13(2)6-10-7-14(3,8-13)9-16(10)12(17)11-15-4-5-18-11/h4-5,10H,6-9H2,1-3H3. The van der Waals surface area contributed by atoms with Gasteiger partial charge in [0.25, 0.3) is 5.91 Å². The molecule has 1 aromatic rings. The smallest absolute Gasteiger partial charge is 0.283 e. The lowest BCUT2D eigenvalue weighted by Crippen LogP contribution is -2.37. The van der Waals surface area contributed by atoms with Crippen molar-refractivity contribution in [3.8, 4) is 0 Å². The molecule has 2 heterocycles. The van der Waals surface area contributed by atoms with Crippen LogP contribution in [0.25, 0.3) is 0 Å². The zero-order valence-electron chi connectivity index (χ0n) is 11.3. The van der Waals surface area contributed by atoms with Gasteiger partial charge in [-0.25, -0.2) is 4.98 Å². The van der Waals surface area contributed by atoms with Crippen molar-refractivity contribution in [2.45, 2.75) is 46.1 Å². The summed E-state index contributed by atoms with van der Waals surface area (Å²) < 4.78 is 0. The van der Waals surface area contributed by atoms with E-state index in [9.17, 15) is 4.79 Å². The Bertz CT molecular complexity index is 468. The first-order valence-corrected chi connectivity index (χ1v) is 7.47. The van der Waals surface area contributed by atoms with Gasteiger partial charge in [0.2, 0.25) is 0 Å². The summed E-state index contributed by atoms with van der Waals surface area (Å²) >= 11 is 1.45. The highest BCUT2D eigenvalue weighted by molar-refractivity contribution is 7.11. The monoisotopic (exact) mass is 264 g/mol. The van der Waals surface area contributed by atoms with Crippen LogP contribution in [-0.4, -0.2) is 28.4 Å². The Morgan fingerprint density at radius 1 is 1.44 bits per heavy atom. The van der Waals surface area contributed by atoms with Crippen molar-refractivity contribution in [2.75, 3.05) is 6.54 Å². The SMILES string of the molecule is CC1(C)CC2CC(C)(CN2C(=O)c2nccs2)C1. The maximum atomic E-state index is 12.5. The summed E-state index contributed by atoms with van der Waals surface area (Å²) in [6.45, 7) is 7.89. The molecule has 1 saturated carbocycles. The molecule has 1 aliphatic heterocycles. The largest absolute Gasteiger partial charge is 0.333 e. The molecule has 3 nitrogen and oxygen atoms in total. The molecule has 2 bridgehead atoms. The second-order valence-corrected chi connectivity index (χ2v) is 7.88. The van der Waals surface area contributed by atoms with Gasteiger partial charge in [0, 0.05) is 24.2 Å². The average molecular weight is 264 g/mol. The lowest BCUT2D eigenvalue weighted by atomic mass is 9.65. The van der Waals surface area contributed by atoms with E-state index in [2.05, 4.69) is 30.7 Å². The number of thiazole rings is 1. The fraction of sp³-hybridized carbons (Fsp3) is 0.714. The van der Waals surface area contributed by atoms with E-state index in [0.29, 0.717) is 21.9 Å². The number of carbonyl (C=O) groups excluding carboxylic acids is 1. The molecule has 98 valence electrons. The van der Waals surface area contributed by atoms with Crippen LogP contribution in [0.1, 0.15) is 49.8 Å². The molecule has 0 aromatic carbocycles. The topological polar surface area (TPSA) is 33.2 Å². The zero-order valence-corrected chi connectivity index (χ0v) is 12.1. The van der Waals surface area contributed by atoms with E-state index < -0.39 is 0 Å². The molecule has 2 fully saturated rings. The Kier molecular flexibility index (Phi) is 2.56. The number of carbonyl (C=O) groups is 1. The van der Waals surface area contributed by atoms with Gasteiger partial charge in [-0.3, -0.25) is 4.79 Å². The highest BCUT2D eigenvalue weighted by Crippen LogP contribution is 2.52. The third kappa shape index (κ3) is 1.96. The van der Waals surface area contributed by atoms with Crippen LogP contribution in [0.5, 0.6) is 0 Å². The second-order valence-electron chi connectivity index (χ2n) is 6.98. The molecule has 1 aromatic heterocycles. The van der Waals surface area contributed by atoms with E-state index in [1.54, 1.807) is 6.20 Å². The lowest BCUT2D eigenvalue weighted by Gasteiger charge is -2.39. The first-order chi connectivity index (χ1) is 8.39. The van der Waals surface area contributed by atoms with Crippen molar-refractivity contribution in [2.24, 2.45) is 10.8 Å². The van der Waals surface area contributed by atoms with E-state index in [-0.39, 0.29) is 5.91 Å². The number of nitrogens with zero attached hydrogens (tertiary/aromatic N) is 2. The van der Waals surface area contributed by atoms with Gasteiger partial charge in [-0.05, 0) is 30.1 Å². The minimum Gasteiger partial charge on any atom is -0.333 e. The summed E-state index contributed by atoms with van der Waals surface area (Å²) in [5.74, 6) is 0.136. The van der Waals surface area contributed by atoms with Crippen LogP contribution in [0.3, 0.4) is 0 Å². The predicted octanol–water partition coefficient (Wildman–Crippen LogP) is 3.18. The Labute approximate surface area is 112 Å². The molecule has 2 aliphatic rings. The van der Waals surface area contributed by atoms with Gasteiger partial charge in [-0.2, -0.15) is 0 Å². The quantitative estimate of drug-likeness (QED) is 0.780. The fourth-order valence-corrected chi connectivity index (χ4v) is 4.74. The predicted molar refractivity (Wildman–Crippen MR) is 72.7 cm³/mol. The number of amides is 1. The highest BCUT2D eigenvalue weighted by atomic mass is 32.1. The Hall–Kier alpha value is -0.900. The summed E-state index contributed by atoms with van der Waals surface area (Å²) in [7, 11) is 0. The van der Waals surface area contributed by atoms with Gasteiger partial charge in [0.1, 0.15) is 0 Å². The maximum absolute atomic E-state index is 12.5. The van der Waals surface area contributed by atoms with Crippen LogP contribution in [0, 0.1) is 10.8 Å². The highest BCUT2D eigenvalue weighted by Gasteiger charge is 2.51. The van der Waals surface area contributed by atoms with Crippen molar-refractivity contribution in [1.82, 2.24) is 9.88 Å². The summed E-state index contributed by atoms with van der Waals surface area (Å²) in [6.07, 6.45) is 5.22. The number of likely N-dealkylation sites (tertiary alicyclic amines) is 1. The summed E-state index contributed by atoms with van der Waals surface area (Å²) in [6, 6.07) is 0.412. The Morgan fingerprint density at radius 3 is 2.89 bits per heavy atom. The molecule has 2 atom stereocenters.